The normalized spacial score (nSPS) is 10.7. The zero-order chi connectivity index (χ0) is 14.5. The van der Waals surface area contributed by atoms with Crippen molar-refractivity contribution in [3.05, 3.63) is 57.7 Å². The van der Waals surface area contributed by atoms with Gasteiger partial charge in [-0.2, -0.15) is 0 Å². The van der Waals surface area contributed by atoms with Gasteiger partial charge in [-0.15, -0.1) is 0 Å². The summed E-state index contributed by atoms with van der Waals surface area (Å²) in [6, 6.07) is 8.59. The van der Waals surface area contributed by atoms with Crippen molar-refractivity contribution in [1.82, 2.24) is 4.98 Å². The van der Waals surface area contributed by atoms with E-state index in [2.05, 4.69) is 20.9 Å². The van der Waals surface area contributed by atoms with E-state index in [1.165, 1.54) is 6.08 Å². The molecule has 0 saturated carbocycles. The van der Waals surface area contributed by atoms with Crippen LogP contribution in [0.4, 0.5) is 0 Å². The number of carboxylic acids is 1. The Morgan fingerprint density at radius 3 is 2.95 bits per heavy atom. The number of ether oxygens (including phenoxy) is 1. The van der Waals surface area contributed by atoms with Crippen LogP contribution in [0, 0.1) is 0 Å². The molecule has 1 heterocycles. The molecule has 1 aromatic heterocycles. The molecule has 102 valence electrons. The van der Waals surface area contributed by atoms with Crippen molar-refractivity contribution in [2.75, 3.05) is 0 Å². The van der Waals surface area contributed by atoms with Gasteiger partial charge in [-0.05, 0) is 36.4 Å². The summed E-state index contributed by atoms with van der Waals surface area (Å²) in [5, 5.41) is 9.10. The molecule has 1 aromatic carbocycles. The van der Waals surface area contributed by atoms with Gasteiger partial charge in [0.1, 0.15) is 5.75 Å². The van der Waals surface area contributed by atoms with Gasteiger partial charge in [-0.3, -0.25) is 0 Å². The number of hydrogen-bond donors (Lipinski definition) is 1. The lowest BCUT2D eigenvalue weighted by Gasteiger charge is -2.09. The molecule has 0 aliphatic carbocycles. The second-order valence-electron chi connectivity index (χ2n) is 3.75. The standard InChI is InChI=1S/C14H9BrClNO3/c15-10-4-5-11(16)12(8-10)20-14-9(2-1-7-17-14)3-6-13(18)19/h1-8H,(H,18,19)/b6-3+. The smallest absolute Gasteiger partial charge is 0.328 e. The van der Waals surface area contributed by atoms with Crippen LogP contribution >= 0.6 is 27.5 Å². The Morgan fingerprint density at radius 1 is 1.40 bits per heavy atom. The summed E-state index contributed by atoms with van der Waals surface area (Å²) in [5.41, 5.74) is 0.547. The van der Waals surface area contributed by atoms with Gasteiger partial charge in [0.2, 0.25) is 5.88 Å². The van der Waals surface area contributed by atoms with Crippen molar-refractivity contribution in [1.29, 1.82) is 0 Å². The van der Waals surface area contributed by atoms with Crippen molar-refractivity contribution >= 4 is 39.6 Å². The Balaban J connectivity index is 2.34. The third-order valence-corrected chi connectivity index (χ3v) is 3.11. The highest BCUT2D eigenvalue weighted by Gasteiger charge is 2.08. The minimum absolute atomic E-state index is 0.282. The number of benzene rings is 1. The summed E-state index contributed by atoms with van der Waals surface area (Å²) in [7, 11) is 0. The molecule has 0 fully saturated rings. The van der Waals surface area contributed by atoms with E-state index < -0.39 is 5.97 Å². The minimum atomic E-state index is -1.04. The maximum Gasteiger partial charge on any atom is 0.328 e. The maximum absolute atomic E-state index is 10.6. The number of hydrogen-bond acceptors (Lipinski definition) is 3. The van der Waals surface area contributed by atoms with Gasteiger partial charge in [0.05, 0.1) is 5.02 Å². The van der Waals surface area contributed by atoms with E-state index in [1.54, 1.807) is 36.5 Å². The molecule has 0 bridgehead atoms. The van der Waals surface area contributed by atoms with E-state index in [-0.39, 0.29) is 5.88 Å². The summed E-state index contributed by atoms with van der Waals surface area (Å²) in [6.07, 6.45) is 3.99. The van der Waals surface area contributed by atoms with Gasteiger partial charge in [0, 0.05) is 22.3 Å². The largest absolute Gasteiger partial charge is 0.478 e. The molecule has 4 nitrogen and oxygen atoms in total. The van der Waals surface area contributed by atoms with Gasteiger partial charge < -0.3 is 9.84 Å². The molecule has 0 spiro atoms. The monoisotopic (exact) mass is 353 g/mol. The Morgan fingerprint density at radius 2 is 2.20 bits per heavy atom. The average Bonchev–Trinajstić information content (AvgIpc) is 2.42. The number of rotatable bonds is 4. The van der Waals surface area contributed by atoms with Crippen LogP contribution < -0.4 is 4.74 Å². The summed E-state index contributed by atoms with van der Waals surface area (Å²) < 4.78 is 6.45. The van der Waals surface area contributed by atoms with E-state index in [1.807, 2.05) is 0 Å². The number of aliphatic carboxylic acids is 1. The highest BCUT2D eigenvalue weighted by atomic mass is 79.9. The first-order chi connectivity index (χ1) is 9.56. The fourth-order valence-electron chi connectivity index (χ4n) is 1.44. The van der Waals surface area contributed by atoms with E-state index in [9.17, 15) is 4.79 Å². The second-order valence-corrected chi connectivity index (χ2v) is 5.07. The van der Waals surface area contributed by atoms with E-state index in [0.29, 0.717) is 16.3 Å². The van der Waals surface area contributed by atoms with E-state index in [0.717, 1.165) is 10.5 Å². The zero-order valence-electron chi connectivity index (χ0n) is 10.1. The van der Waals surface area contributed by atoms with Crippen molar-refractivity contribution < 1.29 is 14.6 Å². The molecule has 2 rings (SSSR count). The Kier molecular flexibility index (Phi) is 4.76. The van der Waals surface area contributed by atoms with Crippen LogP contribution in [0.2, 0.25) is 5.02 Å². The van der Waals surface area contributed by atoms with Crippen LogP contribution in [0.5, 0.6) is 11.6 Å². The molecular weight excluding hydrogens is 346 g/mol. The third-order valence-electron chi connectivity index (χ3n) is 2.31. The molecule has 2 aromatic rings. The molecule has 0 aliphatic heterocycles. The summed E-state index contributed by atoms with van der Waals surface area (Å²) in [5.74, 6) is -0.324. The van der Waals surface area contributed by atoms with Crippen molar-refractivity contribution in [3.63, 3.8) is 0 Å². The lowest BCUT2D eigenvalue weighted by molar-refractivity contribution is -0.131. The molecular formula is C14H9BrClNO3. The van der Waals surface area contributed by atoms with Crippen LogP contribution in [0.25, 0.3) is 6.08 Å². The average molecular weight is 355 g/mol. The SMILES string of the molecule is O=C(O)/C=C/c1cccnc1Oc1cc(Br)ccc1Cl. The van der Waals surface area contributed by atoms with Crippen molar-refractivity contribution in [2.45, 2.75) is 0 Å². The van der Waals surface area contributed by atoms with Gasteiger partial charge in [0.25, 0.3) is 0 Å². The number of nitrogens with zero attached hydrogens (tertiary/aromatic N) is 1. The van der Waals surface area contributed by atoms with Crippen LogP contribution in [-0.4, -0.2) is 16.1 Å². The Labute approximate surface area is 128 Å². The molecule has 0 amide bonds. The Bertz CT molecular complexity index is 673. The zero-order valence-corrected chi connectivity index (χ0v) is 12.4. The number of halogens is 2. The van der Waals surface area contributed by atoms with Crippen molar-refractivity contribution in [3.8, 4) is 11.6 Å². The summed E-state index contributed by atoms with van der Waals surface area (Å²) >= 11 is 9.37. The molecule has 20 heavy (non-hydrogen) atoms. The van der Waals surface area contributed by atoms with E-state index >= 15 is 0 Å². The van der Waals surface area contributed by atoms with Gasteiger partial charge in [-0.25, -0.2) is 9.78 Å². The van der Waals surface area contributed by atoms with E-state index in [4.69, 9.17) is 21.4 Å². The van der Waals surface area contributed by atoms with Crippen LogP contribution in [0.15, 0.2) is 47.1 Å². The fourth-order valence-corrected chi connectivity index (χ4v) is 1.93. The Hall–Kier alpha value is -1.85. The van der Waals surface area contributed by atoms with Crippen LogP contribution in [-0.2, 0) is 4.79 Å². The summed E-state index contributed by atoms with van der Waals surface area (Å²) in [4.78, 5) is 14.6. The molecule has 6 heteroatoms. The van der Waals surface area contributed by atoms with Crippen LogP contribution in [0.1, 0.15) is 5.56 Å². The molecule has 1 N–H and O–H groups in total. The summed E-state index contributed by atoms with van der Waals surface area (Å²) in [6.45, 7) is 0. The van der Waals surface area contributed by atoms with Gasteiger partial charge in [-0.1, -0.05) is 27.5 Å². The molecule has 0 saturated heterocycles. The number of aromatic nitrogens is 1. The predicted octanol–water partition coefficient (Wildman–Crippen LogP) is 4.39. The number of pyridine rings is 1. The molecule has 0 radical (unpaired) electrons. The third kappa shape index (κ3) is 3.82. The minimum Gasteiger partial charge on any atom is -0.478 e. The topological polar surface area (TPSA) is 59.4 Å². The van der Waals surface area contributed by atoms with Gasteiger partial charge >= 0.3 is 5.97 Å². The molecule has 0 aliphatic rings. The first-order valence-electron chi connectivity index (χ1n) is 5.55. The lowest BCUT2D eigenvalue weighted by Crippen LogP contribution is -1.92. The first-order valence-corrected chi connectivity index (χ1v) is 6.72. The number of carbonyl (C=O) groups is 1. The van der Waals surface area contributed by atoms with Crippen molar-refractivity contribution in [2.24, 2.45) is 0 Å². The second kappa shape index (κ2) is 6.54. The number of carboxylic acid groups (broad SMARTS) is 1. The molecule has 0 atom stereocenters. The quantitative estimate of drug-likeness (QED) is 0.827. The lowest BCUT2D eigenvalue weighted by atomic mass is 10.2. The van der Waals surface area contributed by atoms with Crippen LogP contribution in [0.3, 0.4) is 0 Å². The fraction of sp³-hybridized carbons (Fsp3) is 0. The maximum atomic E-state index is 10.6. The highest BCUT2D eigenvalue weighted by Crippen LogP contribution is 2.32. The highest BCUT2D eigenvalue weighted by molar-refractivity contribution is 9.10. The first kappa shape index (κ1) is 14.6. The van der Waals surface area contributed by atoms with Gasteiger partial charge in [0.15, 0.2) is 0 Å². The predicted molar refractivity (Wildman–Crippen MR) is 80.1 cm³/mol. The molecule has 0 unspecified atom stereocenters.